The van der Waals surface area contributed by atoms with E-state index in [0.29, 0.717) is 5.02 Å². The van der Waals surface area contributed by atoms with Crippen molar-refractivity contribution < 1.29 is 18.7 Å². The van der Waals surface area contributed by atoms with Crippen LogP contribution in [-0.4, -0.2) is 38.1 Å². The van der Waals surface area contributed by atoms with Crippen molar-refractivity contribution in [1.82, 2.24) is 4.90 Å². The Hall–Kier alpha value is -2.31. The van der Waals surface area contributed by atoms with Gasteiger partial charge in [0.15, 0.2) is 0 Å². The summed E-state index contributed by atoms with van der Waals surface area (Å²) in [6, 6.07) is 9.76. The lowest BCUT2D eigenvalue weighted by Crippen LogP contribution is -2.33. The van der Waals surface area contributed by atoms with Crippen molar-refractivity contribution >= 4 is 23.2 Å². The maximum atomic E-state index is 13.8. The Bertz CT molecular complexity index is 831. The molecule has 1 heterocycles. The van der Waals surface area contributed by atoms with Crippen LogP contribution in [0.25, 0.3) is 0 Å². The van der Waals surface area contributed by atoms with E-state index in [1.54, 1.807) is 14.2 Å². The molecule has 1 fully saturated rings. The maximum absolute atomic E-state index is 13.8. The van der Waals surface area contributed by atoms with Gasteiger partial charge in [-0.05, 0) is 55.8 Å². The van der Waals surface area contributed by atoms with Crippen molar-refractivity contribution in [2.45, 2.75) is 18.9 Å². The van der Waals surface area contributed by atoms with Crippen molar-refractivity contribution in [3.63, 3.8) is 0 Å². The summed E-state index contributed by atoms with van der Waals surface area (Å²) in [5.74, 6) is 0.696. The van der Waals surface area contributed by atoms with Crippen LogP contribution in [0.4, 0.5) is 10.1 Å². The van der Waals surface area contributed by atoms with E-state index in [1.165, 1.54) is 18.2 Å². The number of likely N-dealkylation sites (tertiary alicyclic amines) is 1. The van der Waals surface area contributed by atoms with Gasteiger partial charge in [-0.1, -0.05) is 11.6 Å². The van der Waals surface area contributed by atoms with Crippen LogP contribution in [0.2, 0.25) is 5.02 Å². The number of nitrogens with one attached hydrogen (secondary N) is 1. The minimum atomic E-state index is -0.514. The fourth-order valence-electron chi connectivity index (χ4n) is 3.43. The van der Waals surface area contributed by atoms with Gasteiger partial charge in [0, 0.05) is 16.6 Å². The van der Waals surface area contributed by atoms with Gasteiger partial charge in [0.25, 0.3) is 0 Å². The zero-order chi connectivity index (χ0) is 19.4. The third kappa shape index (κ3) is 4.51. The predicted molar refractivity (Wildman–Crippen MR) is 103 cm³/mol. The largest absolute Gasteiger partial charge is 0.497 e. The molecule has 27 heavy (non-hydrogen) atoms. The highest BCUT2D eigenvalue weighted by atomic mass is 35.5. The van der Waals surface area contributed by atoms with Gasteiger partial charge in [-0.15, -0.1) is 0 Å². The van der Waals surface area contributed by atoms with Crippen LogP contribution in [-0.2, 0) is 4.79 Å². The van der Waals surface area contributed by atoms with Gasteiger partial charge in [-0.3, -0.25) is 9.69 Å². The number of halogens is 2. The second-order valence-electron chi connectivity index (χ2n) is 6.41. The summed E-state index contributed by atoms with van der Waals surface area (Å²) in [7, 11) is 3.24. The van der Waals surface area contributed by atoms with Crippen LogP contribution >= 0.6 is 11.6 Å². The lowest BCUT2D eigenvalue weighted by atomic mass is 10.0. The standard InChI is InChI=1S/C20H22ClFN2O3/c1-26-14-6-8-19(27-2)15(11-14)18-4-3-9-24(18)12-20(25)23-17-10-13(21)5-7-16(17)22/h5-8,10-11,18H,3-4,9,12H2,1-2H3,(H,23,25). The summed E-state index contributed by atoms with van der Waals surface area (Å²) in [4.78, 5) is 14.5. The predicted octanol–water partition coefficient (Wildman–Crippen LogP) is 4.27. The number of carbonyl (C=O) groups excluding carboxylic acids is 1. The minimum Gasteiger partial charge on any atom is -0.497 e. The zero-order valence-corrected chi connectivity index (χ0v) is 16.1. The number of rotatable bonds is 6. The Labute approximate surface area is 163 Å². The smallest absolute Gasteiger partial charge is 0.238 e. The Morgan fingerprint density at radius 2 is 2.07 bits per heavy atom. The number of carbonyl (C=O) groups is 1. The number of hydrogen-bond acceptors (Lipinski definition) is 4. The second kappa shape index (κ2) is 8.59. The zero-order valence-electron chi connectivity index (χ0n) is 15.3. The van der Waals surface area contributed by atoms with Crippen molar-refractivity contribution in [2.24, 2.45) is 0 Å². The highest BCUT2D eigenvalue weighted by molar-refractivity contribution is 6.30. The minimum absolute atomic E-state index is 0.0324. The van der Waals surface area contributed by atoms with E-state index in [2.05, 4.69) is 10.2 Å². The fraction of sp³-hybridized carbons (Fsp3) is 0.350. The van der Waals surface area contributed by atoms with Gasteiger partial charge in [-0.25, -0.2) is 4.39 Å². The molecule has 1 aliphatic rings. The lowest BCUT2D eigenvalue weighted by molar-refractivity contribution is -0.117. The number of hydrogen-bond donors (Lipinski definition) is 1. The molecule has 1 aliphatic heterocycles. The van der Waals surface area contributed by atoms with Gasteiger partial charge in [0.1, 0.15) is 17.3 Å². The maximum Gasteiger partial charge on any atom is 0.238 e. The van der Waals surface area contributed by atoms with Gasteiger partial charge in [0.2, 0.25) is 5.91 Å². The molecular formula is C20H22ClFN2O3. The molecule has 0 saturated carbocycles. The molecular weight excluding hydrogens is 371 g/mol. The third-order valence-corrected chi connectivity index (χ3v) is 4.94. The van der Waals surface area contributed by atoms with Crippen molar-refractivity contribution in [2.75, 3.05) is 32.6 Å². The van der Waals surface area contributed by atoms with Crippen LogP contribution in [0.3, 0.4) is 0 Å². The molecule has 144 valence electrons. The van der Waals surface area contributed by atoms with E-state index in [-0.39, 0.29) is 24.2 Å². The molecule has 1 unspecified atom stereocenters. The lowest BCUT2D eigenvalue weighted by Gasteiger charge is -2.26. The average Bonchev–Trinajstić information content (AvgIpc) is 3.11. The monoisotopic (exact) mass is 392 g/mol. The van der Waals surface area contributed by atoms with Gasteiger partial charge >= 0.3 is 0 Å². The highest BCUT2D eigenvalue weighted by Crippen LogP contribution is 2.38. The molecule has 1 amide bonds. The van der Waals surface area contributed by atoms with E-state index in [0.717, 1.165) is 36.4 Å². The molecule has 3 rings (SSSR count). The third-order valence-electron chi connectivity index (χ3n) is 4.71. The molecule has 0 aliphatic carbocycles. The first-order valence-electron chi connectivity index (χ1n) is 8.72. The molecule has 0 spiro atoms. The number of nitrogens with zero attached hydrogens (tertiary/aromatic N) is 1. The van der Waals surface area contributed by atoms with E-state index in [4.69, 9.17) is 21.1 Å². The second-order valence-corrected chi connectivity index (χ2v) is 6.85. The van der Waals surface area contributed by atoms with E-state index in [9.17, 15) is 9.18 Å². The van der Waals surface area contributed by atoms with Crippen LogP contribution in [0.5, 0.6) is 11.5 Å². The number of anilines is 1. The van der Waals surface area contributed by atoms with Crippen LogP contribution < -0.4 is 14.8 Å². The summed E-state index contributed by atoms with van der Waals surface area (Å²) in [5, 5.41) is 2.97. The van der Waals surface area contributed by atoms with E-state index < -0.39 is 5.82 Å². The molecule has 1 N–H and O–H groups in total. The molecule has 2 aromatic rings. The average molecular weight is 393 g/mol. The highest BCUT2D eigenvalue weighted by Gasteiger charge is 2.30. The number of ether oxygens (including phenoxy) is 2. The Kier molecular flexibility index (Phi) is 6.19. The summed E-state index contributed by atoms with van der Waals surface area (Å²) < 4.78 is 24.7. The van der Waals surface area contributed by atoms with E-state index in [1.807, 2.05) is 18.2 Å². The SMILES string of the molecule is COc1ccc(OC)c(C2CCCN2CC(=O)Nc2cc(Cl)ccc2F)c1. The molecule has 1 saturated heterocycles. The molecule has 0 aromatic heterocycles. The molecule has 0 bridgehead atoms. The van der Waals surface area contributed by atoms with Crippen molar-refractivity contribution in [3.05, 3.63) is 52.8 Å². The Balaban J connectivity index is 1.75. The first-order valence-corrected chi connectivity index (χ1v) is 9.10. The number of methoxy groups -OCH3 is 2. The van der Waals surface area contributed by atoms with Gasteiger partial charge < -0.3 is 14.8 Å². The topological polar surface area (TPSA) is 50.8 Å². The number of benzene rings is 2. The Morgan fingerprint density at radius 1 is 1.26 bits per heavy atom. The molecule has 5 nitrogen and oxygen atoms in total. The van der Waals surface area contributed by atoms with E-state index >= 15 is 0 Å². The summed E-state index contributed by atoms with van der Waals surface area (Å²) >= 11 is 5.88. The first kappa shape index (κ1) is 19.5. The normalized spacial score (nSPS) is 17.0. The number of amides is 1. The quantitative estimate of drug-likeness (QED) is 0.797. The molecule has 2 aromatic carbocycles. The van der Waals surface area contributed by atoms with Crippen molar-refractivity contribution in [3.8, 4) is 11.5 Å². The van der Waals surface area contributed by atoms with Crippen molar-refractivity contribution in [1.29, 1.82) is 0 Å². The molecule has 0 radical (unpaired) electrons. The summed E-state index contributed by atoms with van der Waals surface area (Å²) in [5.41, 5.74) is 1.07. The molecule has 7 heteroatoms. The van der Waals surface area contributed by atoms with Crippen LogP contribution in [0.15, 0.2) is 36.4 Å². The first-order chi connectivity index (χ1) is 13.0. The summed E-state index contributed by atoms with van der Waals surface area (Å²) in [6.45, 7) is 0.924. The molecule has 1 atom stereocenters. The van der Waals surface area contributed by atoms with Gasteiger partial charge in [0.05, 0.1) is 26.5 Å². The van der Waals surface area contributed by atoms with Crippen LogP contribution in [0.1, 0.15) is 24.4 Å². The summed E-state index contributed by atoms with van der Waals surface area (Å²) in [6.07, 6.45) is 1.87. The fourth-order valence-corrected chi connectivity index (χ4v) is 3.61. The Morgan fingerprint density at radius 3 is 2.81 bits per heavy atom. The van der Waals surface area contributed by atoms with Crippen LogP contribution in [0, 0.1) is 5.82 Å². The van der Waals surface area contributed by atoms with Gasteiger partial charge in [-0.2, -0.15) is 0 Å².